The number of benzene rings is 1. The van der Waals surface area contributed by atoms with Crippen LogP contribution in [0.1, 0.15) is 44.2 Å². The van der Waals surface area contributed by atoms with Crippen molar-refractivity contribution in [1.29, 1.82) is 0 Å². The van der Waals surface area contributed by atoms with Crippen molar-refractivity contribution in [3.63, 3.8) is 0 Å². The van der Waals surface area contributed by atoms with E-state index in [1.165, 1.54) is 17.5 Å². The quantitative estimate of drug-likeness (QED) is 0.456. The van der Waals surface area contributed by atoms with Crippen LogP contribution in [0.2, 0.25) is 0 Å². The lowest BCUT2D eigenvalue weighted by Gasteiger charge is -2.33. The Labute approximate surface area is 154 Å². The van der Waals surface area contributed by atoms with Gasteiger partial charge in [-0.15, -0.1) is 0 Å². The second kappa shape index (κ2) is 9.33. The number of hydrogen-bond acceptors (Lipinski definition) is 4. The van der Waals surface area contributed by atoms with Crippen molar-refractivity contribution in [2.75, 3.05) is 7.05 Å². The zero-order valence-corrected chi connectivity index (χ0v) is 15.9. The number of primary amides is 1. The van der Waals surface area contributed by atoms with Crippen LogP contribution in [0, 0.1) is 12.3 Å². The molecule has 0 unspecified atom stereocenters. The van der Waals surface area contributed by atoms with Crippen LogP contribution in [0.15, 0.2) is 24.3 Å². The SMILES string of the molecule is Cc1ccc(CCC(C)(C)C(=O)N(C)[C@H](CCC(N)=O)C(=O)NO)cc1. The number of hydroxylamine groups is 1. The molecular weight excluding hydrogens is 334 g/mol. The fraction of sp³-hybridized carbons (Fsp3) is 0.526. The first-order valence-electron chi connectivity index (χ1n) is 8.63. The fourth-order valence-electron chi connectivity index (χ4n) is 2.79. The third kappa shape index (κ3) is 6.15. The Morgan fingerprint density at radius 3 is 2.31 bits per heavy atom. The molecule has 0 radical (unpaired) electrons. The Hall–Kier alpha value is -2.41. The molecule has 0 aliphatic carbocycles. The maximum Gasteiger partial charge on any atom is 0.266 e. The first-order valence-corrected chi connectivity index (χ1v) is 8.63. The second-order valence-corrected chi connectivity index (χ2v) is 7.28. The molecular formula is C19H29N3O4. The van der Waals surface area contributed by atoms with Crippen molar-refractivity contribution in [2.45, 2.75) is 52.5 Å². The third-order valence-corrected chi connectivity index (χ3v) is 4.60. The first-order chi connectivity index (χ1) is 12.1. The zero-order valence-electron chi connectivity index (χ0n) is 15.9. The summed E-state index contributed by atoms with van der Waals surface area (Å²) in [6.45, 7) is 5.66. The Morgan fingerprint density at radius 2 is 1.81 bits per heavy atom. The van der Waals surface area contributed by atoms with Gasteiger partial charge in [0, 0.05) is 18.9 Å². The third-order valence-electron chi connectivity index (χ3n) is 4.60. The summed E-state index contributed by atoms with van der Waals surface area (Å²) < 4.78 is 0. The van der Waals surface area contributed by atoms with Crippen LogP contribution >= 0.6 is 0 Å². The van der Waals surface area contributed by atoms with Gasteiger partial charge in [-0.25, -0.2) is 5.48 Å². The summed E-state index contributed by atoms with van der Waals surface area (Å²) in [5, 5.41) is 8.92. The van der Waals surface area contributed by atoms with Crippen LogP contribution in [0.4, 0.5) is 0 Å². The van der Waals surface area contributed by atoms with Gasteiger partial charge in [0.15, 0.2) is 0 Å². The Kier molecular flexibility index (Phi) is 7.76. The maximum atomic E-state index is 12.9. The summed E-state index contributed by atoms with van der Waals surface area (Å²) in [5.74, 6) is -1.54. The lowest BCUT2D eigenvalue weighted by Crippen LogP contribution is -2.51. The van der Waals surface area contributed by atoms with Crippen molar-refractivity contribution in [3.05, 3.63) is 35.4 Å². The maximum absolute atomic E-state index is 12.9. The molecule has 0 fully saturated rings. The predicted molar refractivity (Wildman–Crippen MR) is 98.2 cm³/mol. The van der Waals surface area contributed by atoms with Gasteiger partial charge in [0.25, 0.3) is 5.91 Å². The number of hydrogen-bond donors (Lipinski definition) is 3. The predicted octanol–water partition coefficient (Wildman–Crippen LogP) is 1.55. The lowest BCUT2D eigenvalue weighted by atomic mass is 9.84. The van der Waals surface area contributed by atoms with E-state index in [1.54, 1.807) is 5.48 Å². The minimum absolute atomic E-state index is 0.0536. The first kappa shape index (κ1) is 21.6. The van der Waals surface area contributed by atoms with Crippen LogP contribution in [0.5, 0.6) is 0 Å². The molecule has 0 bridgehead atoms. The molecule has 0 aliphatic heterocycles. The van der Waals surface area contributed by atoms with Crippen molar-refractivity contribution in [2.24, 2.45) is 11.1 Å². The molecule has 1 atom stereocenters. The molecule has 1 aromatic carbocycles. The molecule has 144 valence electrons. The molecule has 26 heavy (non-hydrogen) atoms. The molecule has 1 rings (SSSR count). The van der Waals surface area contributed by atoms with Gasteiger partial charge in [-0.3, -0.25) is 19.6 Å². The number of amides is 3. The van der Waals surface area contributed by atoms with E-state index in [0.29, 0.717) is 6.42 Å². The molecule has 4 N–H and O–H groups in total. The van der Waals surface area contributed by atoms with Gasteiger partial charge in [0.1, 0.15) is 6.04 Å². The van der Waals surface area contributed by atoms with Gasteiger partial charge in [-0.05, 0) is 31.7 Å². The average molecular weight is 363 g/mol. The number of carbonyl (C=O) groups is 3. The summed E-state index contributed by atoms with van der Waals surface area (Å²) in [4.78, 5) is 37.1. The molecule has 0 heterocycles. The van der Waals surface area contributed by atoms with Crippen LogP contribution in [0.3, 0.4) is 0 Å². The van der Waals surface area contributed by atoms with Gasteiger partial charge in [0.2, 0.25) is 11.8 Å². The minimum atomic E-state index is -0.960. The van der Waals surface area contributed by atoms with Crippen molar-refractivity contribution in [1.82, 2.24) is 10.4 Å². The number of nitrogens with two attached hydrogens (primary N) is 1. The summed E-state index contributed by atoms with van der Waals surface area (Å²) in [5.41, 5.74) is 8.29. The highest BCUT2D eigenvalue weighted by molar-refractivity contribution is 5.89. The van der Waals surface area contributed by atoms with Gasteiger partial charge in [0.05, 0.1) is 0 Å². The lowest BCUT2D eigenvalue weighted by molar-refractivity contribution is -0.149. The van der Waals surface area contributed by atoms with Crippen molar-refractivity contribution >= 4 is 17.7 Å². The Balaban J connectivity index is 2.81. The van der Waals surface area contributed by atoms with E-state index in [1.807, 2.05) is 45.0 Å². The number of nitrogens with one attached hydrogen (secondary N) is 1. The van der Waals surface area contributed by atoms with Crippen molar-refractivity contribution in [3.8, 4) is 0 Å². The van der Waals surface area contributed by atoms with Crippen LogP contribution < -0.4 is 11.2 Å². The summed E-state index contributed by atoms with van der Waals surface area (Å²) in [7, 11) is 1.50. The van der Waals surface area contributed by atoms with Crippen LogP contribution in [0.25, 0.3) is 0 Å². The largest absolute Gasteiger partial charge is 0.370 e. The molecule has 0 saturated heterocycles. The Bertz CT molecular complexity index is 641. The van der Waals surface area contributed by atoms with E-state index in [4.69, 9.17) is 10.9 Å². The normalized spacial score (nSPS) is 12.3. The van der Waals surface area contributed by atoms with E-state index in [0.717, 1.165) is 12.0 Å². The summed E-state index contributed by atoms with van der Waals surface area (Å²) >= 11 is 0. The van der Waals surface area contributed by atoms with Crippen LogP contribution in [-0.2, 0) is 20.8 Å². The summed E-state index contributed by atoms with van der Waals surface area (Å²) in [6.07, 6.45) is 1.32. The molecule has 7 heteroatoms. The van der Waals surface area contributed by atoms with E-state index < -0.39 is 23.3 Å². The molecule has 0 spiro atoms. The van der Waals surface area contributed by atoms with Gasteiger partial charge in [-0.2, -0.15) is 0 Å². The highest BCUT2D eigenvalue weighted by Crippen LogP contribution is 2.27. The molecule has 3 amide bonds. The second-order valence-electron chi connectivity index (χ2n) is 7.28. The average Bonchev–Trinajstić information content (AvgIpc) is 2.60. The van der Waals surface area contributed by atoms with E-state index in [9.17, 15) is 14.4 Å². The van der Waals surface area contributed by atoms with E-state index in [2.05, 4.69) is 0 Å². The zero-order chi connectivity index (χ0) is 19.9. The molecule has 1 aromatic rings. The highest BCUT2D eigenvalue weighted by Gasteiger charge is 2.35. The van der Waals surface area contributed by atoms with E-state index in [-0.39, 0.29) is 18.7 Å². The van der Waals surface area contributed by atoms with Crippen LogP contribution in [-0.4, -0.2) is 40.9 Å². The molecule has 0 saturated carbocycles. The summed E-state index contributed by atoms with van der Waals surface area (Å²) in [6, 6.07) is 7.17. The smallest absolute Gasteiger partial charge is 0.266 e. The van der Waals surface area contributed by atoms with E-state index >= 15 is 0 Å². The molecule has 0 aliphatic rings. The number of carbonyl (C=O) groups excluding carboxylic acids is 3. The Morgan fingerprint density at radius 1 is 1.23 bits per heavy atom. The van der Waals surface area contributed by atoms with Crippen molar-refractivity contribution < 1.29 is 19.6 Å². The number of likely N-dealkylation sites (N-methyl/N-ethyl adjacent to an activating group) is 1. The molecule has 7 nitrogen and oxygen atoms in total. The number of aryl methyl sites for hydroxylation is 2. The number of rotatable bonds is 9. The molecule has 0 aromatic heterocycles. The highest BCUT2D eigenvalue weighted by atomic mass is 16.5. The van der Waals surface area contributed by atoms with Gasteiger partial charge < -0.3 is 10.6 Å². The minimum Gasteiger partial charge on any atom is -0.370 e. The van der Waals surface area contributed by atoms with Gasteiger partial charge >= 0.3 is 0 Å². The topological polar surface area (TPSA) is 113 Å². The standard InChI is InChI=1S/C19H29N3O4/c1-13-5-7-14(8-6-13)11-12-19(2,3)18(25)22(4)15(17(24)21-26)9-10-16(20)23/h5-8,15,26H,9-12H2,1-4H3,(H2,20,23)(H,21,24)/t15-/m1/s1. The monoisotopic (exact) mass is 363 g/mol. The van der Waals surface area contributed by atoms with Gasteiger partial charge in [-0.1, -0.05) is 43.7 Å². The number of nitrogens with zero attached hydrogens (tertiary/aromatic N) is 1. The fourth-order valence-corrected chi connectivity index (χ4v) is 2.79.